The van der Waals surface area contributed by atoms with Gasteiger partial charge >= 0.3 is 5.97 Å². The van der Waals surface area contributed by atoms with Crippen LogP contribution in [0.25, 0.3) is 0 Å². The summed E-state index contributed by atoms with van der Waals surface area (Å²) in [4.78, 5) is 34.7. The molecule has 1 aromatic carbocycles. The second kappa shape index (κ2) is 9.20. The number of carbonyl (C=O) groups is 3. The van der Waals surface area contributed by atoms with E-state index in [1.807, 2.05) is 24.3 Å². The number of aromatic nitrogens is 2. The Hall–Kier alpha value is -3.40. The zero-order valence-corrected chi connectivity index (χ0v) is 15.9. The SMILES string of the molecule is COC(=O)c1[nH]nc2c1C(c1ccc(N3CCOCC3)cc1)CC(=O)N2.O=CO. The molecule has 3 heterocycles. The number of benzene rings is 1. The number of amides is 1. The minimum atomic E-state index is -0.496. The number of esters is 1. The fourth-order valence-electron chi connectivity index (χ4n) is 3.54. The molecule has 154 valence electrons. The van der Waals surface area contributed by atoms with Crippen molar-refractivity contribution < 1.29 is 29.0 Å². The van der Waals surface area contributed by atoms with Gasteiger partial charge in [-0.1, -0.05) is 12.1 Å². The van der Waals surface area contributed by atoms with E-state index in [1.54, 1.807) is 0 Å². The number of morpholine rings is 1. The molecule has 2 aromatic rings. The van der Waals surface area contributed by atoms with Crippen molar-refractivity contribution in [2.24, 2.45) is 0 Å². The summed E-state index contributed by atoms with van der Waals surface area (Å²) in [5, 5.41) is 16.4. The predicted molar refractivity (Wildman–Crippen MR) is 103 cm³/mol. The van der Waals surface area contributed by atoms with Gasteiger partial charge in [0.2, 0.25) is 5.91 Å². The van der Waals surface area contributed by atoms with Crippen molar-refractivity contribution in [1.29, 1.82) is 0 Å². The van der Waals surface area contributed by atoms with E-state index < -0.39 is 5.97 Å². The van der Waals surface area contributed by atoms with Crippen LogP contribution in [0.3, 0.4) is 0 Å². The second-order valence-electron chi connectivity index (χ2n) is 6.45. The van der Waals surface area contributed by atoms with Crippen molar-refractivity contribution in [3.8, 4) is 0 Å². The van der Waals surface area contributed by atoms with Gasteiger partial charge in [0.25, 0.3) is 6.47 Å². The second-order valence-corrected chi connectivity index (χ2v) is 6.45. The Morgan fingerprint density at radius 3 is 2.59 bits per heavy atom. The standard InChI is InChI=1S/C18H20N4O4.CH2O2/c1-25-18(24)16-15-13(10-14(23)19-17(15)21-20-16)11-2-4-12(5-3-11)22-6-8-26-9-7-22;2-1-3/h2-5,13H,6-10H2,1H3,(H2,19,20,21,23);1H,(H,2,3). The third-order valence-electron chi connectivity index (χ3n) is 4.86. The van der Waals surface area contributed by atoms with Crippen molar-refractivity contribution >= 4 is 29.9 Å². The van der Waals surface area contributed by atoms with E-state index in [2.05, 4.69) is 20.4 Å². The number of methoxy groups -OCH3 is 1. The summed E-state index contributed by atoms with van der Waals surface area (Å²) in [6, 6.07) is 8.10. The Balaban J connectivity index is 0.000000755. The molecule has 0 saturated carbocycles. The molecular weight excluding hydrogens is 380 g/mol. The zero-order valence-electron chi connectivity index (χ0n) is 15.9. The van der Waals surface area contributed by atoms with Gasteiger partial charge in [0.1, 0.15) is 5.69 Å². The maximum Gasteiger partial charge on any atom is 0.356 e. The molecule has 4 rings (SSSR count). The molecule has 10 heteroatoms. The monoisotopic (exact) mass is 402 g/mol. The number of rotatable bonds is 3. The molecule has 0 radical (unpaired) electrons. The summed E-state index contributed by atoms with van der Waals surface area (Å²) >= 11 is 0. The van der Waals surface area contributed by atoms with Crippen LogP contribution in [0.4, 0.5) is 11.5 Å². The molecule has 1 fully saturated rings. The Labute approximate surface area is 166 Å². The first kappa shape index (κ1) is 20.3. The number of carboxylic acid groups (broad SMARTS) is 1. The number of ether oxygens (including phenoxy) is 2. The van der Waals surface area contributed by atoms with Crippen LogP contribution in [0.1, 0.15) is 34.0 Å². The van der Waals surface area contributed by atoms with Crippen molar-refractivity contribution in [2.75, 3.05) is 43.6 Å². The molecule has 2 aliphatic heterocycles. The summed E-state index contributed by atoms with van der Waals surface area (Å²) in [7, 11) is 1.32. The number of nitrogens with zero attached hydrogens (tertiary/aromatic N) is 2. The molecule has 10 nitrogen and oxygen atoms in total. The van der Waals surface area contributed by atoms with Crippen LogP contribution in [0, 0.1) is 0 Å². The lowest BCUT2D eigenvalue weighted by Crippen LogP contribution is -2.36. The fraction of sp³-hybridized carbons (Fsp3) is 0.368. The molecule has 0 spiro atoms. The third-order valence-corrected chi connectivity index (χ3v) is 4.86. The number of H-pyrrole nitrogens is 1. The number of fused-ring (bicyclic) bond motifs is 1. The van der Waals surface area contributed by atoms with E-state index >= 15 is 0 Å². The van der Waals surface area contributed by atoms with Crippen LogP contribution < -0.4 is 10.2 Å². The van der Waals surface area contributed by atoms with Gasteiger partial charge in [-0.2, -0.15) is 5.10 Å². The highest BCUT2D eigenvalue weighted by atomic mass is 16.5. The number of hydrogen-bond acceptors (Lipinski definition) is 7. The maximum atomic E-state index is 12.1. The number of nitrogens with one attached hydrogen (secondary N) is 2. The van der Waals surface area contributed by atoms with Gasteiger partial charge in [0.05, 0.1) is 20.3 Å². The molecule has 0 aliphatic carbocycles. The van der Waals surface area contributed by atoms with E-state index in [1.165, 1.54) is 7.11 Å². The summed E-state index contributed by atoms with van der Waals surface area (Å²) in [5.74, 6) is -0.471. The highest BCUT2D eigenvalue weighted by Crippen LogP contribution is 2.38. The van der Waals surface area contributed by atoms with E-state index in [-0.39, 0.29) is 30.4 Å². The van der Waals surface area contributed by atoms with Crippen LogP contribution >= 0.6 is 0 Å². The first-order chi connectivity index (χ1) is 14.1. The number of carbonyl (C=O) groups excluding carboxylic acids is 2. The zero-order chi connectivity index (χ0) is 20.8. The Morgan fingerprint density at radius 2 is 1.97 bits per heavy atom. The van der Waals surface area contributed by atoms with Crippen LogP contribution in [-0.4, -0.2) is 67.1 Å². The fourth-order valence-corrected chi connectivity index (χ4v) is 3.54. The molecule has 1 aromatic heterocycles. The van der Waals surface area contributed by atoms with Gasteiger partial charge in [-0.3, -0.25) is 14.7 Å². The molecule has 0 bridgehead atoms. The normalized spacial score (nSPS) is 18.0. The molecule has 1 atom stereocenters. The topological polar surface area (TPSA) is 134 Å². The highest BCUT2D eigenvalue weighted by molar-refractivity contribution is 5.98. The summed E-state index contributed by atoms with van der Waals surface area (Å²) in [6.45, 7) is 2.93. The lowest BCUT2D eigenvalue weighted by atomic mass is 9.85. The van der Waals surface area contributed by atoms with Crippen molar-refractivity contribution in [3.05, 3.63) is 41.1 Å². The Morgan fingerprint density at radius 1 is 1.31 bits per heavy atom. The molecule has 2 aliphatic rings. The summed E-state index contributed by atoms with van der Waals surface area (Å²) in [5.41, 5.74) is 3.04. The van der Waals surface area contributed by atoms with Crippen molar-refractivity contribution in [2.45, 2.75) is 12.3 Å². The average Bonchev–Trinajstić information content (AvgIpc) is 3.18. The van der Waals surface area contributed by atoms with Crippen LogP contribution in [0.15, 0.2) is 24.3 Å². The predicted octanol–water partition coefficient (Wildman–Crippen LogP) is 1.21. The number of aromatic amines is 1. The molecule has 1 amide bonds. The first-order valence-electron chi connectivity index (χ1n) is 9.06. The first-order valence-corrected chi connectivity index (χ1v) is 9.06. The van der Waals surface area contributed by atoms with E-state index in [0.717, 1.165) is 37.6 Å². The van der Waals surface area contributed by atoms with Crippen LogP contribution in [0.2, 0.25) is 0 Å². The number of anilines is 2. The lowest BCUT2D eigenvalue weighted by molar-refractivity contribution is -0.123. The average molecular weight is 402 g/mol. The van der Waals surface area contributed by atoms with Gasteiger partial charge in [-0.05, 0) is 17.7 Å². The smallest absolute Gasteiger partial charge is 0.356 e. The van der Waals surface area contributed by atoms with Gasteiger partial charge in [-0.15, -0.1) is 0 Å². The van der Waals surface area contributed by atoms with E-state index in [4.69, 9.17) is 19.4 Å². The van der Waals surface area contributed by atoms with Crippen molar-refractivity contribution in [3.63, 3.8) is 0 Å². The molecule has 3 N–H and O–H groups in total. The van der Waals surface area contributed by atoms with Crippen LogP contribution in [0.5, 0.6) is 0 Å². The summed E-state index contributed by atoms with van der Waals surface area (Å²) in [6.07, 6.45) is 0.257. The molecule has 1 unspecified atom stereocenters. The van der Waals surface area contributed by atoms with Crippen molar-refractivity contribution in [1.82, 2.24) is 10.2 Å². The van der Waals surface area contributed by atoms with Gasteiger partial charge in [0, 0.05) is 36.7 Å². The largest absolute Gasteiger partial charge is 0.483 e. The minimum Gasteiger partial charge on any atom is -0.483 e. The quantitative estimate of drug-likeness (QED) is 0.515. The molecular formula is C19H22N4O6. The number of hydrogen-bond donors (Lipinski definition) is 3. The van der Waals surface area contributed by atoms with Gasteiger partial charge in [0.15, 0.2) is 5.82 Å². The van der Waals surface area contributed by atoms with Crippen LogP contribution in [-0.2, 0) is 19.1 Å². The van der Waals surface area contributed by atoms with Gasteiger partial charge in [-0.25, -0.2) is 4.79 Å². The summed E-state index contributed by atoms with van der Waals surface area (Å²) < 4.78 is 10.2. The van der Waals surface area contributed by atoms with E-state index in [9.17, 15) is 9.59 Å². The lowest BCUT2D eigenvalue weighted by Gasteiger charge is -2.29. The third kappa shape index (κ3) is 4.37. The molecule has 1 saturated heterocycles. The van der Waals surface area contributed by atoms with Gasteiger partial charge < -0.3 is 24.8 Å². The molecule has 29 heavy (non-hydrogen) atoms. The maximum absolute atomic E-state index is 12.1. The minimum absolute atomic E-state index is 0.123. The highest BCUT2D eigenvalue weighted by Gasteiger charge is 2.34. The van der Waals surface area contributed by atoms with E-state index in [0.29, 0.717) is 11.4 Å². The Bertz CT molecular complexity index is 873. The Kier molecular flexibility index (Phi) is 6.45.